The number of nitrogens with one attached hydrogen (secondary N) is 2. The molecule has 21 heavy (non-hydrogen) atoms. The average Bonchev–Trinajstić information content (AvgIpc) is 2.50. The molecule has 0 saturated heterocycles. The van der Waals surface area contributed by atoms with E-state index in [1.807, 2.05) is 24.3 Å². The fourth-order valence-corrected chi connectivity index (χ4v) is 2.04. The first-order chi connectivity index (χ1) is 10.0. The molecule has 6 nitrogen and oxygen atoms in total. The lowest BCUT2D eigenvalue weighted by atomic mass is 10.1. The van der Waals surface area contributed by atoms with Crippen LogP contribution >= 0.6 is 0 Å². The number of likely N-dealkylation sites (N-methyl/N-ethyl adjacent to an activating group) is 1. The standard InChI is InChI=1S/C15H19N3O3/c1-10(9-19)18(2)15(21)16-8-11-7-14(20)17-13-6-4-3-5-12(11)13/h3-7,10,19H,8-9H2,1-2H3,(H,16,21)(H,17,20). The molecule has 0 radical (unpaired) electrons. The number of benzene rings is 1. The van der Waals surface area contributed by atoms with Crippen LogP contribution in [0.1, 0.15) is 12.5 Å². The summed E-state index contributed by atoms with van der Waals surface area (Å²) in [5.74, 6) is 0. The van der Waals surface area contributed by atoms with Crippen molar-refractivity contribution in [3.63, 3.8) is 0 Å². The number of carbonyl (C=O) groups is 1. The minimum Gasteiger partial charge on any atom is -0.394 e. The molecule has 3 N–H and O–H groups in total. The van der Waals surface area contributed by atoms with Crippen LogP contribution in [0.4, 0.5) is 4.79 Å². The number of hydrogen-bond donors (Lipinski definition) is 3. The van der Waals surface area contributed by atoms with Crippen molar-refractivity contribution in [3.05, 3.63) is 46.2 Å². The number of para-hydroxylation sites is 1. The van der Waals surface area contributed by atoms with E-state index in [-0.39, 0.29) is 30.8 Å². The second-order valence-corrected chi connectivity index (χ2v) is 5.01. The van der Waals surface area contributed by atoms with Gasteiger partial charge in [-0.05, 0) is 18.6 Å². The molecule has 1 heterocycles. The summed E-state index contributed by atoms with van der Waals surface area (Å²) in [6, 6.07) is 8.37. The first-order valence-electron chi connectivity index (χ1n) is 6.75. The van der Waals surface area contributed by atoms with Gasteiger partial charge in [-0.1, -0.05) is 18.2 Å². The maximum absolute atomic E-state index is 12.0. The highest BCUT2D eigenvalue weighted by Gasteiger charge is 2.14. The molecule has 0 aliphatic rings. The molecule has 2 aromatic rings. The number of carbonyl (C=O) groups excluding carboxylic acids is 1. The molecule has 0 bridgehead atoms. The summed E-state index contributed by atoms with van der Waals surface area (Å²) in [6.45, 7) is 1.91. The molecule has 1 aromatic carbocycles. The lowest BCUT2D eigenvalue weighted by Crippen LogP contribution is -2.43. The highest BCUT2D eigenvalue weighted by molar-refractivity contribution is 5.82. The summed E-state index contributed by atoms with van der Waals surface area (Å²) >= 11 is 0. The van der Waals surface area contributed by atoms with Crippen molar-refractivity contribution >= 4 is 16.9 Å². The van der Waals surface area contributed by atoms with Crippen LogP contribution in [0.3, 0.4) is 0 Å². The van der Waals surface area contributed by atoms with Crippen LogP contribution in [0.5, 0.6) is 0 Å². The van der Waals surface area contributed by atoms with Crippen LogP contribution in [0.15, 0.2) is 35.1 Å². The molecular formula is C15H19N3O3. The Balaban J connectivity index is 2.17. The second-order valence-electron chi connectivity index (χ2n) is 5.01. The summed E-state index contributed by atoms with van der Waals surface area (Å²) in [4.78, 5) is 27.8. The molecule has 0 spiro atoms. The van der Waals surface area contributed by atoms with Crippen LogP contribution < -0.4 is 10.9 Å². The number of aromatic amines is 1. The molecule has 2 amide bonds. The maximum Gasteiger partial charge on any atom is 0.317 e. The van der Waals surface area contributed by atoms with Gasteiger partial charge < -0.3 is 20.3 Å². The van der Waals surface area contributed by atoms with E-state index in [2.05, 4.69) is 10.3 Å². The van der Waals surface area contributed by atoms with Gasteiger partial charge in [0.1, 0.15) is 0 Å². The SMILES string of the molecule is CC(CO)N(C)C(=O)NCc1cc(=O)[nH]c2ccccc12. The van der Waals surface area contributed by atoms with Crippen LogP contribution in [0.2, 0.25) is 0 Å². The molecule has 112 valence electrons. The largest absolute Gasteiger partial charge is 0.394 e. The average molecular weight is 289 g/mol. The Morgan fingerprint density at radius 3 is 2.86 bits per heavy atom. The van der Waals surface area contributed by atoms with Crippen LogP contribution in [0.25, 0.3) is 10.9 Å². The third-order valence-corrected chi connectivity index (χ3v) is 3.51. The van der Waals surface area contributed by atoms with Gasteiger partial charge in [0.25, 0.3) is 0 Å². The number of H-pyrrole nitrogens is 1. The van der Waals surface area contributed by atoms with Crippen LogP contribution in [-0.4, -0.2) is 40.7 Å². The van der Waals surface area contributed by atoms with Gasteiger partial charge in [0.05, 0.1) is 12.6 Å². The van der Waals surface area contributed by atoms with Crippen molar-refractivity contribution in [1.82, 2.24) is 15.2 Å². The number of nitrogens with zero attached hydrogens (tertiary/aromatic N) is 1. The van der Waals surface area contributed by atoms with E-state index in [1.54, 1.807) is 14.0 Å². The van der Waals surface area contributed by atoms with Gasteiger partial charge in [-0.2, -0.15) is 0 Å². The number of aliphatic hydroxyl groups is 1. The van der Waals surface area contributed by atoms with Gasteiger partial charge in [0.15, 0.2) is 0 Å². The normalized spacial score (nSPS) is 12.1. The quantitative estimate of drug-likeness (QED) is 0.786. The zero-order valence-corrected chi connectivity index (χ0v) is 12.1. The van der Waals surface area contributed by atoms with Crippen LogP contribution in [-0.2, 0) is 6.54 Å². The van der Waals surface area contributed by atoms with E-state index < -0.39 is 0 Å². The van der Waals surface area contributed by atoms with E-state index in [0.29, 0.717) is 0 Å². The molecule has 2 rings (SSSR count). The summed E-state index contributed by atoms with van der Waals surface area (Å²) in [5, 5.41) is 12.7. The van der Waals surface area contributed by atoms with Gasteiger partial charge in [-0.15, -0.1) is 0 Å². The Bertz CT molecular complexity index is 696. The number of hydrogen-bond acceptors (Lipinski definition) is 3. The molecular weight excluding hydrogens is 270 g/mol. The summed E-state index contributed by atoms with van der Waals surface area (Å²) in [5.41, 5.74) is 1.30. The van der Waals surface area contributed by atoms with Gasteiger partial charge in [-0.25, -0.2) is 4.79 Å². The van der Waals surface area contributed by atoms with Gasteiger partial charge >= 0.3 is 6.03 Å². The van der Waals surface area contributed by atoms with Crippen LogP contribution in [0, 0.1) is 0 Å². The lowest BCUT2D eigenvalue weighted by Gasteiger charge is -2.23. The first-order valence-corrected chi connectivity index (χ1v) is 6.75. The van der Waals surface area contributed by atoms with E-state index in [0.717, 1.165) is 16.5 Å². The number of rotatable bonds is 4. The van der Waals surface area contributed by atoms with Crippen molar-refractivity contribution in [2.24, 2.45) is 0 Å². The van der Waals surface area contributed by atoms with Crippen molar-refractivity contribution in [1.29, 1.82) is 0 Å². The Morgan fingerprint density at radius 2 is 2.14 bits per heavy atom. The zero-order valence-electron chi connectivity index (χ0n) is 12.1. The van der Waals surface area contributed by atoms with Gasteiger partial charge in [0, 0.05) is 30.6 Å². The highest BCUT2D eigenvalue weighted by Crippen LogP contribution is 2.14. The molecule has 0 saturated carbocycles. The number of fused-ring (bicyclic) bond motifs is 1. The van der Waals surface area contributed by atoms with Crippen molar-refractivity contribution in [2.75, 3.05) is 13.7 Å². The summed E-state index contributed by atoms with van der Waals surface area (Å²) in [7, 11) is 1.62. The molecule has 0 aliphatic heterocycles. The number of aliphatic hydroxyl groups excluding tert-OH is 1. The van der Waals surface area contributed by atoms with Crippen molar-refractivity contribution in [2.45, 2.75) is 19.5 Å². The van der Waals surface area contributed by atoms with E-state index >= 15 is 0 Å². The van der Waals surface area contributed by atoms with Gasteiger partial charge in [-0.3, -0.25) is 4.79 Å². The predicted octanol–water partition coefficient (Wildman–Crippen LogP) is 1.05. The summed E-state index contributed by atoms with van der Waals surface area (Å²) < 4.78 is 0. The Labute approximate surface area is 122 Å². The van der Waals surface area contributed by atoms with E-state index in [9.17, 15) is 9.59 Å². The minimum atomic E-state index is -0.291. The minimum absolute atomic E-state index is 0.0993. The Hall–Kier alpha value is -2.34. The Morgan fingerprint density at radius 1 is 1.43 bits per heavy atom. The Kier molecular flexibility index (Phi) is 4.59. The van der Waals surface area contributed by atoms with Crippen molar-refractivity contribution < 1.29 is 9.90 Å². The number of urea groups is 1. The first kappa shape index (κ1) is 15.1. The number of amides is 2. The monoisotopic (exact) mass is 289 g/mol. The molecule has 6 heteroatoms. The predicted molar refractivity (Wildman–Crippen MR) is 81.1 cm³/mol. The summed E-state index contributed by atoms with van der Waals surface area (Å²) in [6.07, 6.45) is 0. The van der Waals surface area contributed by atoms with Gasteiger partial charge in [0.2, 0.25) is 5.56 Å². The third kappa shape index (κ3) is 3.41. The smallest absolute Gasteiger partial charge is 0.317 e. The topological polar surface area (TPSA) is 85.4 Å². The molecule has 1 aromatic heterocycles. The molecule has 0 fully saturated rings. The van der Waals surface area contributed by atoms with E-state index in [1.165, 1.54) is 11.0 Å². The second kappa shape index (κ2) is 6.41. The van der Waals surface area contributed by atoms with Crippen molar-refractivity contribution in [3.8, 4) is 0 Å². The lowest BCUT2D eigenvalue weighted by molar-refractivity contribution is 0.157. The van der Waals surface area contributed by atoms with E-state index in [4.69, 9.17) is 5.11 Å². The fraction of sp³-hybridized carbons (Fsp3) is 0.333. The maximum atomic E-state index is 12.0. The molecule has 1 atom stereocenters. The third-order valence-electron chi connectivity index (χ3n) is 3.51. The zero-order chi connectivity index (χ0) is 15.4. The molecule has 0 aliphatic carbocycles. The molecule has 1 unspecified atom stereocenters. The fourth-order valence-electron chi connectivity index (χ4n) is 2.04. The number of pyridine rings is 1. The number of aromatic nitrogens is 1. The highest BCUT2D eigenvalue weighted by atomic mass is 16.3.